The summed E-state index contributed by atoms with van der Waals surface area (Å²) in [6, 6.07) is 0.441. The molecule has 1 aliphatic carbocycles. The molecule has 0 radical (unpaired) electrons. The minimum Gasteiger partial charge on any atom is -0.394 e. The van der Waals surface area contributed by atoms with Crippen LogP contribution in [-0.4, -0.2) is 44.0 Å². The smallest absolute Gasteiger partial charge is 0.122 e. The summed E-state index contributed by atoms with van der Waals surface area (Å²) < 4.78 is 7.57. The Morgan fingerprint density at radius 1 is 1.25 bits per heavy atom. The number of aliphatic hydroxyl groups is 2. The first-order valence-electron chi connectivity index (χ1n) is 7.32. The van der Waals surface area contributed by atoms with Crippen LogP contribution in [0.3, 0.4) is 0 Å². The second kappa shape index (κ2) is 6.03. The highest BCUT2D eigenvalue weighted by Crippen LogP contribution is 2.29. The first-order valence-corrected chi connectivity index (χ1v) is 7.32. The summed E-state index contributed by atoms with van der Waals surface area (Å²) in [5, 5.41) is 27.2. The minimum absolute atomic E-state index is 0.210. The van der Waals surface area contributed by atoms with Crippen LogP contribution in [0.2, 0.25) is 0 Å². The van der Waals surface area contributed by atoms with E-state index in [4.69, 9.17) is 4.74 Å². The molecule has 1 aromatic rings. The van der Waals surface area contributed by atoms with Crippen molar-refractivity contribution < 1.29 is 14.9 Å². The van der Waals surface area contributed by atoms with Gasteiger partial charge in [0.05, 0.1) is 18.8 Å². The first-order chi connectivity index (χ1) is 9.78. The van der Waals surface area contributed by atoms with E-state index in [9.17, 15) is 10.2 Å². The van der Waals surface area contributed by atoms with Crippen LogP contribution in [0, 0.1) is 0 Å². The van der Waals surface area contributed by atoms with E-state index < -0.39 is 12.2 Å². The van der Waals surface area contributed by atoms with E-state index in [1.807, 2.05) is 10.9 Å². The number of aromatic nitrogens is 3. The molecule has 6 nitrogen and oxygen atoms in total. The molecule has 0 aromatic carbocycles. The van der Waals surface area contributed by atoms with Gasteiger partial charge in [0.2, 0.25) is 0 Å². The van der Waals surface area contributed by atoms with Gasteiger partial charge >= 0.3 is 0 Å². The molecule has 0 unspecified atom stereocenters. The zero-order chi connectivity index (χ0) is 13.9. The van der Waals surface area contributed by atoms with Crippen molar-refractivity contribution in [2.75, 3.05) is 6.61 Å². The van der Waals surface area contributed by atoms with E-state index in [0.717, 1.165) is 18.5 Å². The van der Waals surface area contributed by atoms with Crippen LogP contribution in [0.1, 0.15) is 49.9 Å². The fraction of sp³-hybridized carbons (Fsp3) is 0.714. The highest BCUT2D eigenvalue weighted by atomic mass is 16.5. The molecule has 0 spiro atoms. The third-order valence-corrected chi connectivity index (χ3v) is 4.13. The van der Waals surface area contributed by atoms with Gasteiger partial charge in [0.25, 0.3) is 0 Å². The summed E-state index contributed by atoms with van der Waals surface area (Å²) in [6.07, 6.45) is 9.77. The number of aliphatic hydroxyl groups excluding tert-OH is 2. The molecule has 6 heteroatoms. The van der Waals surface area contributed by atoms with Crippen molar-refractivity contribution in [2.24, 2.45) is 0 Å². The SMILES string of the molecule is OC[C@H]1O[C@H](c2cn(C3CCCCC3)nn2)C=C[C@@H]1O. The standard InChI is InChI=1S/C14H21N3O3/c18-9-14-12(19)6-7-13(20-14)11-8-17(16-15-11)10-4-2-1-3-5-10/h6-8,10,12-14,18-19H,1-5,9H2/t12-,13-,14+/m0/s1. The van der Waals surface area contributed by atoms with Crippen LogP contribution in [-0.2, 0) is 4.74 Å². The Kier molecular flexibility index (Phi) is 4.14. The molecule has 3 atom stereocenters. The summed E-state index contributed by atoms with van der Waals surface area (Å²) >= 11 is 0. The van der Waals surface area contributed by atoms with Crippen molar-refractivity contribution in [3.8, 4) is 0 Å². The molecule has 2 N–H and O–H groups in total. The third kappa shape index (κ3) is 2.77. The largest absolute Gasteiger partial charge is 0.394 e. The van der Waals surface area contributed by atoms with Crippen LogP contribution in [0.15, 0.2) is 18.3 Å². The van der Waals surface area contributed by atoms with Gasteiger partial charge in [-0.2, -0.15) is 0 Å². The second-order valence-electron chi connectivity index (χ2n) is 5.57. The first kappa shape index (κ1) is 13.7. The molecular formula is C14H21N3O3. The van der Waals surface area contributed by atoms with Gasteiger partial charge in [0.15, 0.2) is 0 Å². The van der Waals surface area contributed by atoms with Crippen LogP contribution in [0.4, 0.5) is 0 Å². The van der Waals surface area contributed by atoms with Gasteiger partial charge in [0.1, 0.15) is 24.0 Å². The maximum Gasteiger partial charge on any atom is 0.122 e. The summed E-state index contributed by atoms with van der Waals surface area (Å²) in [4.78, 5) is 0. The van der Waals surface area contributed by atoms with Gasteiger partial charge in [-0.1, -0.05) is 36.6 Å². The summed E-state index contributed by atoms with van der Waals surface area (Å²) in [7, 11) is 0. The number of hydrogen-bond donors (Lipinski definition) is 2. The Morgan fingerprint density at radius 2 is 2.05 bits per heavy atom. The maximum atomic E-state index is 9.63. The van der Waals surface area contributed by atoms with Gasteiger partial charge in [-0.15, -0.1) is 5.10 Å². The normalized spacial score (nSPS) is 31.6. The topological polar surface area (TPSA) is 80.4 Å². The van der Waals surface area contributed by atoms with E-state index in [1.54, 1.807) is 12.2 Å². The number of nitrogens with zero attached hydrogens (tertiary/aromatic N) is 3. The predicted octanol–water partition coefficient (Wildman–Crippen LogP) is 1.13. The van der Waals surface area contributed by atoms with Crippen molar-refractivity contribution >= 4 is 0 Å². The molecule has 2 aliphatic rings. The van der Waals surface area contributed by atoms with E-state index in [2.05, 4.69) is 10.3 Å². The summed E-state index contributed by atoms with van der Waals surface area (Å²) in [5.74, 6) is 0. The van der Waals surface area contributed by atoms with Crippen LogP contribution < -0.4 is 0 Å². The molecule has 1 saturated carbocycles. The lowest BCUT2D eigenvalue weighted by atomic mass is 9.96. The average molecular weight is 279 g/mol. The Balaban J connectivity index is 1.71. The van der Waals surface area contributed by atoms with Gasteiger partial charge in [-0.25, -0.2) is 4.68 Å². The Bertz CT molecular complexity index is 468. The zero-order valence-corrected chi connectivity index (χ0v) is 11.4. The highest BCUT2D eigenvalue weighted by Gasteiger charge is 2.28. The van der Waals surface area contributed by atoms with Gasteiger partial charge in [0, 0.05) is 0 Å². The molecule has 20 heavy (non-hydrogen) atoms. The number of rotatable bonds is 3. The van der Waals surface area contributed by atoms with Crippen molar-refractivity contribution in [1.29, 1.82) is 0 Å². The van der Waals surface area contributed by atoms with Crippen LogP contribution in [0.25, 0.3) is 0 Å². The monoisotopic (exact) mass is 279 g/mol. The minimum atomic E-state index is -0.760. The molecule has 1 aromatic heterocycles. The lowest BCUT2D eigenvalue weighted by molar-refractivity contribution is -0.0816. The Hall–Kier alpha value is -1.24. The Morgan fingerprint density at radius 3 is 2.80 bits per heavy atom. The molecule has 0 saturated heterocycles. The van der Waals surface area contributed by atoms with Crippen molar-refractivity contribution in [1.82, 2.24) is 15.0 Å². The molecule has 0 amide bonds. The van der Waals surface area contributed by atoms with Crippen LogP contribution in [0.5, 0.6) is 0 Å². The Labute approximate surface area is 118 Å². The van der Waals surface area contributed by atoms with Crippen molar-refractivity contribution in [2.45, 2.75) is 56.5 Å². The predicted molar refractivity (Wildman–Crippen MR) is 72.0 cm³/mol. The third-order valence-electron chi connectivity index (χ3n) is 4.13. The quantitative estimate of drug-likeness (QED) is 0.811. The fourth-order valence-corrected chi connectivity index (χ4v) is 2.92. The maximum absolute atomic E-state index is 9.63. The van der Waals surface area contributed by atoms with Gasteiger partial charge < -0.3 is 14.9 Å². The molecular weight excluding hydrogens is 258 g/mol. The van der Waals surface area contributed by atoms with Crippen molar-refractivity contribution in [3.63, 3.8) is 0 Å². The van der Waals surface area contributed by atoms with E-state index in [0.29, 0.717) is 6.04 Å². The second-order valence-corrected chi connectivity index (χ2v) is 5.57. The fourth-order valence-electron chi connectivity index (χ4n) is 2.92. The van der Waals surface area contributed by atoms with Crippen LogP contribution >= 0.6 is 0 Å². The van der Waals surface area contributed by atoms with E-state index in [1.165, 1.54) is 19.3 Å². The number of hydrogen-bond acceptors (Lipinski definition) is 5. The van der Waals surface area contributed by atoms with E-state index in [-0.39, 0.29) is 12.7 Å². The number of ether oxygens (including phenoxy) is 1. The summed E-state index contributed by atoms with van der Waals surface area (Å²) in [5.41, 5.74) is 0.733. The van der Waals surface area contributed by atoms with Crippen molar-refractivity contribution in [3.05, 3.63) is 24.0 Å². The molecule has 3 rings (SSSR count). The average Bonchev–Trinajstić information content (AvgIpc) is 2.98. The molecule has 110 valence electrons. The van der Waals surface area contributed by atoms with Gasteiger partial charge in [-0.3, -0.25) is 0 Å². The van der Waals surface area contributed by atoms with E-state index >= 15 is 0 Å². The lowest BCUT2D eigenvalue weighted by Gasteiger charge is -2.27. The van der Waals surface area contributed by atoms with Gasteiger partial charge in [-0.05, 0) is 12.8 Å². The molecule has 1 fully saturated rings. The zero-order valence-electron chi connectivity index (χ0n) is 11.4. The summed E-state index contributed by atoms with van der Waals surface area (Å²) in [6.45, 7) is -0.210. The molecule has 1 aliphatic heterocycles. The lowest BCUT2D eigenvalue weighted by Crippen LogP contribution is -2.35. The molecule has 0 bridgehead atoms. The molecule has 2 heterocycles. The highest BCUT2D eigenvalue weighted by molar-refractivity contribution is 5.12.